The Labute approximate surface area is 132 Å². The number of rotatable bonds is 2. The van der Waals surface area contributed by atoms with E-state index >= 15 is 0 Å². The third-order valence-corrected chi connectivity index (χ3v) is 4.95. The lowest BCUT2D eigenvalue weighted by molar-refractivity contribution is 1.25. The lowest BCUT2D eigenvalue weighted by Crippen LogP contribution is -1.95. The Morgan fingerprint density at radius 2 is 1.83 bits per heavy atom. The van der Waals surface area contributed by atoms with E-state index in [-0.39, 0.29) is 0 Å². The topological polar surface area (TPSA) is 24.9 Å². The molecule has 0 radical (unpaired) electrons. The van der Waals surface area contributed by atoms with Gasteiger partial charge < -0.3 is 5.32 Å². The number of halogens is 4. The smallest absolute Gasteiger partial charge is 0.130 e. The molecule has 1 aromatic carbocycles. The summed E-state index contributed by atoms with van der Waals surface area (Å²) in [5.74, 6) is 0.719. The zero-order chi connectivity index (χ0) is 13.3. The summed E-state index contributed by atoms with van der Waals surface area (Å²) < 4.78 is 1.73. The van der Waals surface area contributed by atoms with Gasteiger partial charge in [0.05, 0.1) is 15.7 Å². The number of anilines is 2. The van der Waals surface area contributed by atoms with Crippen LogP contribution in [0.15, 0.2) is 33.3 Å². The third-order valence-electron chi connectivity index (χ3n) is 2.34. The predicted octanol–water partition coefficient (Wildman–Crippen LogP) is 5.97. The summed E-state index contributed by atoms with van der Waals surface area (Å²) in [6.07, 6.45) is 1.74. The summed E-state index contributed by atoms with van der Waals surface area (Å²) in [5, 5.41) is 4.09. The second-order valence-electron chi connectivity index (χ2n) is 3.67. The maximum Gasteiger partial charge on any atom is 0.130 e. The second-order valence-corrected chi connectivity index (χ2v) is 6.13. The molecule has 0 saturated heterocycles. The molecule has 0 unspecified atom stereocenters. The lowest BCUT2D eigenvalue weighted by Gasteiger charge is -2.10. The normalized spacial score (nSPS) is 10.5. The van der Waals surface area contributed by atoms with Gasteiger partial charge in [0.25, 0.3) is 0 Å². The minimum Gasteiger partial charge on any atom is -0.339 e. The Hall–Kier alpha value is -0.290. The standard InChI is InChI=1S/C12H8Br2Cl2N2/c1-6-4-10(17-5-8(6)14)18-9-3-2-7(13)11(15)12(9)16/h2-5H,1H3,(H,17,18). The molecule has 1 aromatic heterocycles. The van der Waals surface area contributed by atoms with Crippen LogP contribution in [0.2, 0.25) is 10.0 Å². The number of aromatic nitrogens is 1. The summed E-state index contributed by atoms with van der Waals surface area (Å²) in [4.78, 5) is 4.26. The fourth-order valence-corrected chi connectivity index (χ4v) is 2.41. The highest BCUT2D eigenvalue weighted by Gasteiger charge is 2.09. The van der Waals surface area contributed by atoms with Crippen LogP contribution < -0.4 is 5.32 Å². The van der Waals surface area contributed by atoms with Gasteiger partial charge in [-0.05, 0) is 62.5 Å². The summed E-state index contributed by atoms with van der Waals surface area (Å²) >= 11 is 18.9. The Bertz CT molecular complexity index is 603. The van der Waals surface area contributed by atoms with E-state index < -0.39 is 0 Å². The van der Waals surface area contributed by atoms with E-state index in [4.69, 9.17) is 23.2 Å². The van der Waals surface area contributed by atoms with Crippen molar-refractivity contribution in [3.8, 4) is 0 Å². The number of nitrogens with one attached hydrogen (secondary N) is 1. The maximum absolute atomic E-state index is 6.16. The Morgan fingerprint density at radius 3 is 2.50 bits per heavy atom. The second kappa shape index (κ2) is 5.78. The van der Waals surface area contributed by atoms with E-state index in [2.05, 4.69) is 42.2 Å². The first-order valence-electron chi connectivity index (χ1n) is 5.01. The average Bonchev–Trinajstić information content (AvgIpc) is 2.34. The van der Waals surface area contributed by atoms with Crippen molar-refractivity contribution < 1.29 is 0 Å². The van der Waals surface area contributed by atoms with Gasteiger partial charge in [-0.15, -0.1) is 0 Å². The van der Waals surface area contributed by atoms with Crippen molar-refractivity contribution in [3.05, 3.63) is 49.0 Å². The molecule has 2 nitrogen and oxygen atoms in total. The van der Waals surface area contributed by atoms with E-state index in [1.165, 1.54) is 0 Å². The van der Waals surface area contributed by atoms with E-state index in [0.29, 0.717) is 10.0 Å². The average molecular weight is 411 g/mol. The van der Waals surface area contributed by atoms with Gasteiger partial charge in [-0.25, -0.2) is 4.98 Å². The van der Waals surface area contributed by atoms with Gasteiger partial charge in [-0.2, -0.15) is 0 Å². The first-order valence-corrected chi connectivity index (χ1v) is 7.36. The van der Waals surface area contributed by atoms with E-state index in [0.717, 1.165) is 26.0 Å². The largest absolute Gasteiger partial charge is 0.339 e. The van der Waals surface area contributed by atoms with Crippen molar-refractivity contribution >= 4 is 66.6 Å². The van der Waals surface area contributed by atoms with Gasteiger partial charge in [-0.1, -0.05) is 23.2 Å². The van der Waals surface area contributed by atoms with Crippen LogP contribution in [-0.2, 0) is 0 Å². The van der Waals surface area contributed by atoms with Crippen LogP contribution in [0.25, 0.3) is 0 Å². The number of hydrogen-bond acceptors (Lipinski definition) is 2. The highest BCUT2D eigenvalue weighted by Crippen LogP contribution is 2.37. The SMILES string of the molecule is Cc1cc(Nc2ccc(Br)c(Cl)c2Cl)ncc1Br. The van der Waals surface area contributed by atoms with Crippen LogP contribution in [0, 0.1) is 6.92 Å². The molecular weight excluding hydrogens is 403 g/mol. The molecular formula is C12H8Br2Cl2N2. The van der Waals surface area contributed by atoms with Crippen LogP contribution in [0.3, 0.4) is 0 Å². The van der Waals surface area contributed by atoms with E-state index in [9.17, 15) is 0 Å². The molecule has 0 aliphatic heterocycles. The molecule has 18 heavy (non-hydrogen) atoms. The van der Waals surface area contributed by atoms with Crippen molar-refractivity contribution in [1.29, 1.82) is 0 Å². The van der Waals surface area contributed by atoms with Crippen LogP contribution in [0.1, 0.15) is 5.56 Å². The number of pyridine rings is 1. The fourth-order valence-electron chi connectivity index (χ4n) is 1.37. The van der Waals surface area contributed by atoms with Gasteiger partial charge in [0.15, 0.2) is 0 Å². The van der Waals surface area contributed by atoms with E-state index in [1.807, 2.05) is 25.1 Å². The molecule has 2 aromatic rings. The summed E-state index contributed by atoms with van der Waals surface area (Å²) in [6, 6.07) is 5.61. The van der Waals surface area contributed by atoms with Gasteiger partial charge in [0.1, 0.15) is 5.82 Å². The zero-order valence-corrected chi connectivity index (χ0v) is 14.0. The van der Waals surface area contributed by atoms with Crippen molar-refractivity contribution in [2.24, 2.45) is 0 Å². The summed E-state index contributed by atoms with van der Waals surface area (Å²) in [7, 11) is 0. The Kier molecular flexibility index (Phi) is 4.54. The van der Waals surface area contributed by atoms with Crippen molar-refractivity contribution in [2.75, 3.05) is 5.32 Å². The molecule has 0 atom stereocenters. The molecule has 2 rings (SSSR count). The predicted molar refractivity (Wildman–Crippen MR) is 84.1 cm³/mol. The quantitative estimate of drug-likeness (QED) is 0.617. The van der Waals surface area contributed by atoms with Crippen LogP contribution >= 0.6 is 55.1 Å². The highest BCUT2D eigenvalue weighted by molar-refractivity contribution is 9.10. The Balaban J connectivity index is 2.34. The van der Waals surface area contributed by atoms with Crippen LogP contribution in [0.4, 0.5) is 11.5 Å². The molecule has 0 aliphatic carbocycles. The first-order chi connectivity index (χ1) is 8.49. The summed E-state index contributed by atoms with van der Waals surface area (Å²) in [5.41, 5.74) is 1.81. The first kappa shape index (κ1) is 14.1. The molecule has 0 bridgehead atoms. The zero-order valence-electron chi connectivity index (χ0n) is 9.27. The molecule has 6 heteroatoms. The highest BCUT2D eigenvalue weighted by atomic mass is 79.9. The fraction of sp³-hybridized carbons (Fsp3) is 0.0833. The molecule has 1 heterocycles. The Morgan fingerprint density at radius 1 is 1.11 bits per heavy atom. The van der Waals surface area contributed by atoms with Crippen LogP contribution in [0.5, 0.6) is 0 Å². The van der Waals surface area contributed by atoms with Gasteiger partial charge in [0, 0.05) is 15.1 Å². The van der Waals surface area contributed by atoms with Gasteiger partial charge >= 0.3 is 0 Å². The molecule has 1 N–H and O–H groups in total. The summed E-state index contributed by atoms with van der Waals surface area (Å²) in [6.45, 7) is 1.99. The minimum atomic E-state index is 0.466. The van der Waals surface area contributed by atoms with Crippen molar-refractivity contribution in [1.82, 2.24) is 4.98 Å². The van der Waals surface area contributed by atoms with E-state index in [1.54, 1.807) is 6.20 Å². The monoisotopic (exact) mass is 408 g/mol. The number of hydrogen-bond donors (Lipinski definition) is 1. The molecule has 0 spiro atoms. The van der Waals surface area contributed by atoms with Crippen molar-refractivity contribution in [3.63, 3.8) is 0 Å². The number of nitrogens with zero attached hydrogens (tertiary/aromatic N) is 1. The van der Waals surface area contributed by atoms with Gasteiger partial charge in [-0.3, -0.25) is 0 Å². The number of aryl methyl sites for hydroxylation is 1. The lowest BCUT2D eigenvalue weighted by atomic mass is 10.3. The van der Waals surface area contributed by atoms with Gasteiger partial charge in [0.2, 0.25) is 0 Å². The molecule has 94 valence electrons. The maximum atomic E-state index is 6.16. The van der Waals surface area contributed by atoms with Crippen LogP contribution in [-0.4, -0.2) is 4.98 Å². The molecule has 0 amide bonds. The molecule has 0 saturated carbocycles. The number of benzene rings is 1. The third kappa shape index (κ3) is 2.99. The molecule has 0 fully saturated rings. The van der Waals surface area contributed by atoms with Crippen molar-refractivity contribution in [2.45, 2.75) is 6.92 Å². The molecule has 0 aliphatic rings. The minimum absolute atomic E-state index is 0.466.